The molecule has 82 valence electrons. The number of hydrogen-bond donors (Lipinski definition) is 1. The number of cyclic esters (lactones) is 1. The number of carbonyl (C=O) groups excluding carboxylic acids is 1. The summed E-state index contributed by atoms with van der Waals surface area (Å²) in [5, 5.41) is 2.85. The summed E-state index contributed by atoms with van der Waals surface area (Å²) in [4.78, 5) is 11.2. The average Bonchev–Trinajstić information content (AvgIpc) is 2.39. The van der Waals surface area contributed by atoms with Crippen molar-refractivity contribution < 1.29 is 9.53 Å². The number of ether oxygens (including phenoxy) is 1. The zero-order chi connectivity index (χ0) is 11.1. The Morgan fingerprint density at radius 3 is 2.80 bits per heavy atom. The van der Waals surface area contributed by atoms with Gasteiger partial charge >= 0.3 is 6.09 Å². The van der Waals surface area contributed by atoms with Crippen LogP contribution in [0.1, 0.15) is 27.2 Å². The summed E-state index contributed by atoms with van der Waals surface area (Å²) in [5.41, 5.74) is 0.703. The molecule has 0 aromatic rings. The van der Waals surface area contributed by atoms with Gasteiger partial charge in [-0.05, 0) is 31.8 Å². The van der Waals surface area contributed by atoms with Crippen molar-refractivity contribution in [3.05, 3.63) is 23.8 Å². The number of rotatable bonds is 1. The van der Waals surface area contributed by atoms with Gasteiger partial charge < -0.3 is 10.1 Å². The molecule has 0 aromatic carbocycles. The van der Waals surface area contributed by atoms with Crippen molar-refractivity contribution in [2.24, 2.45) is 5.92 Å². The Morgan fingerprint density at radius 1 is 1.53 bits per heavy atom. The molecular formula is C12H17NO2. The van der Waals surface area contributed by atoms with E-state index in [2.05, 4.69) is 30.5 Å². The van der Waals surface area contributed by atoms with Gasteiger partial charge in [-0.15, -0.1) is 0 Å². The quantitative estimate of drug-likeness (QED) is 0.717. The van der Waals surface area contributed by atoms with Crippen molar-refractivity contribution in [1.29, 1.82) is 0 Å². The van der Waals surface area contributed by atoms with E-state index in [4.69, 9.17) is 4.74 Å². The Labute approximate surface area is 90.2 Å². The maximum absolute atomic E-state index is 11.2. The monoisotopic (exact) mass is 207 g/mol. The lowest BCUT2D eigenvalue weighted by atomic mass is 9.87. The Kier molecular flexibility index (Phi) is 2.33. The maximum Gasteiger partial charge on any atom is 0.408 e. The fourth-order valence-corrected chi connectivity index (χ4v) is 2.17. The summed E-state index contributed by atoms with van der Waals surface area (Å²) >= 11 is 0. The van der Waals surface area contributed by atoms with E-state index in [1.54, 1.807) is 0 Å². The summed E-state index contributed by atoms with van der Waals surface area (Å²) in [5.74, 6) is 0.540. The SMILES string of the molecule is CC1C=C([C@@H]2NC(=O)OC2(C)C)C=CC1. The van der Waals surface area contributed by atoms with Gasteiger partial charge in [-0.1, -0.05) is 25.2 Å². The highest BCUT2D eigenvalue weighted by Gasteiger charge is 2.42. The molecule has 15 heavy (non-hydrogen) atoms. The number of alkyl carbamates (subject to hydrolysis) is 1. The molecule has 3 nitrogen and oxygen atoms in total. The van der Waals surface area contributed by atoms with Crippen LogP contribution in [0.5, 0.6) is 0 Å². The second-order valence-electron chi connectivity index (χ2n) is 4.85. The number of carbonyl (C=O) groups is 1. The maximum atomic E-state index is 11.2. The highest BCUT2D eigenvalue weighted by Crippen LogP contribution is 2.30. The second kappa shape index (κ2) is 3.40. The molecule has 2 aliphatic rings. The van der Waals surface area contributed by atoms with E-state index in [9.17, 15) is 4.79 Å². The lowest BCUT2D eigenvalue weighted by Crippen LogP contribution is -2.40. The van der Waals surface area contributed by atoms with E-state index < -0.39 is 5.60 Å². The second-order valence-corrected chi connectivity index (χ2v) is 4.85. The van der Waals surface area contributed by atoms with Gasteiger partial charge in [0.2, 0.25) is 0 Å². The molecular weight excluding hydrogens is 190 g/mol. The minimum absolute atomic E-state index is 0.0241. The van der Waals surface area contributed by atoms with Crippen molar-refractivity contribution in [3.63, 3.8) is 0 Å². The first-order valence-corrected chi connectivity index (χ1v) is 5.37. The molecule has 1 N–H and O–H groups in total. The Balaban J connectivity index is 2.24. The lowest BCUT2D eigenvalue weighted by Gasteiger charge is -2.26. The number of nitrogens with one attached hydrogen (secondary N) is 1. The van der Waals surface area contributed by atoms with Crippen molar-refractivity contribution >= 4 is 6.09 Å². The molecule has 2 atom stereocenters. The summed E-state index contributed by atoms with van der Waals surface area (Å²) in [6.45, 7) is 6.04. The Hall–Kier alpha value is -1.25. The van der Waals surface area contributed by atoms with E-state index in [1.807, 2.05) is 13.8 Å². The van der Waals surface area contributed by atoms with Crippen LogP contribution in [0, 0.1) is 5.92 Å². The van der Waals surface area contributed by atoms with E-state index >= 15 is 0 Å². The summed E-state index contributed by atoms with van der Waals surface area (Å²) in [7, 11) is 0. The third-order valence-electron chi connectivity index (χ3n) is 2.94. The lowest BCUT2D eigenvalue weighted by molar-refractivity contribution is 0.0751. The van der Waals surface area contributed by atoms with E-state index in [0.29, 0.717) is 5.92 Å². The molecule has 1 fully saturated rings. The van der Waals surface area contributed by atoms with Gasteiger partial charge in [0.25, 0.3) is 0 Å². The highest BCUT2D eigenvalue weighted by molar-refractivity contribution is 5.72. The molecule has 1 aliphatic heterocycles. The first-order valence-electron chi connectivity index (χ1n) is 5.37. The van der Waals surface area contributed by atoms with Crippen LogP contribution in [0.15, 0.2) is 23.8 Å². The normalized spacial score (nSPS) is 33.3. The van der Waals surface area contributed by atoms with Gasteiger partial charge in [0, 0.05) is 0 Å². The Morgan fingerprint density at radius 2 is 2.27 bits per heavy atom. The fourth-order valence-electron chi connectivity index (χ4n) is 2.17. The minimum Gasteiger partial charge on any atom is -0.441 e. The van der Waals surface area contributed by atoms with Crippen molar-refractivity contribution in [3.8, 4) is 0 Å². The van der Waals surface area contributed by atoms with Crippen molar-refractivity contribution in [2.45, 2.75) is 38.8 Å². The predicted octanol–water partition coefficient (Wildman–Crippen LogP) is 2.40. The third-order valence-corrected chi connectivity index (χ3v) is 2.94. The molecule has 0 bridgehead atoms. The van der Waals surface area contributed by atoms with Gasteiger partial charge in [-0.25, -0.2) is 4.79 Å². The van der Waals surface area contributed by atoms with Gasteiger partial charge in [0.15, 0.2) is 0 Å². The molecule has 1 aliphatic carbocycles. The molecule has 1 heterocycles. The molecule has 1 amide bonds. The van der Waals surface area contributed by atoms with Gasteiger partial charge in [-0.3, -0.25) is 0 Å². The average molecular weight is 207 g/mol. The van der Waals surface area contributed by atoms with E-state index in [1.165, 1.54) is 0 Å². The summed E-state index contributed by atoms with van der Waals surface area (Å²) < 4.78 is 5.22. The topological polar surface area (TPSA) is 38.3 Å². The smallest absolute Gasteiger partial charge is 0.408 e. The van der Waals surface area contributed by atoms with E-state index in [-0.39, 0.29) is 12.1 Å². The van der Waals surface area contributed by atoms with Crippen molar-refractivity contribution in [1.82, 2.24) is 5.32 Å². The fraction of sp³-hybridized carbons (Fsp3) is 0.583. The molecule has 1 unspecified atom stereocenters. The molecule has 2 rings (SSSR count). The van der Waals surface area contributed by atoms with Crippen LogP contribution in [-0.2, 0) is 4.74 Å². The molecule has 0 aromatic heterocycles. The molecule has 3 heteroatoms. The van der Waals surface area contributed by atoms with Gasteiger partial charge in [0.1, 0.15) is 5.60 Å². The third kappa shape index (κ3) is 1.91. The van der Waals surface area contributed by atoms with Crippen LogP contribution in [-0.4, -0.2) is 17.7 Å². The van der Waals surface area contributed by atoms with Crippen LogP contribution in [0.4, 0.5) is 4.79 Å². The molecule has 1 saturated heterocycles. The first kappa shape index (κ1) is 10.3. The summed E-state index contributed by atoms with van der Waals surface area (Å²) in [6.07, 6.45) is 7.20. The number of allylic oxidation sites excluding steroid dienone is 2. The first-order chi connectivity index (χ1) is 6.99. The Bertz CT molecular complexity index is 342. The zero-order valence-electron chi connectivity index (χ0n) is 9.41. The predicted molar refractivity (Wildman–Crippen MR) is 58.5 cm³/mol. The van der Waals surface area contributed by atoms with Gasteiger partial charge in [0.05, 0.1) is 6.04 Å². The standard InChI is InChI=1S/C12H17NO2/c1-8-5-4-6-9(7-8)10-12(2,3)15-11(14)13-10/h4,6-8,10H,5H2,1-3H3,(H,13,14)/t8?,10-/m0/s1. The van der Waals surface area contributed by atoms with E-state index in [0.717, 1.165) is 12.0 Å². The van der Waals surface area contributed by atoms with Crippen LogP contribution >= 0.6 is 0 Å². The molecule has 0 spiro atoms. The molecule has 0 radical (unpaired) electrons. The van der Waals surface area contributed by atoms with Crippen LogP contribution in [0.3, 0.4) is 0 Å². The minimum atomic E-state index is -0.454. The highest BCUT2D eigenvalue weighted by atomic mass is 16.6. The van der Waals surface area contributed by atoms with Gasteiger partial charge in [-0.2, -0.15) is 0 Å². The van der Waals surface area contributed by atoms with Crippen LogP contribution in [0.25, 0.3) is 0 Å². The molecule has 0 saturated carbocycles. The van der Waals surface area contributed by atoms with Crippen LogP contribution in [0.2, 0.25) is 0 Å². The van der Waals surface area contributed by atoms with Crippen molar-refractivity contribution in [2.75, 3.05) is 0 Å². The van der Waals surface area contributed by atoms with Crippen LogP contribution < -0.4 is 5.32 Å². The number of hydrogen-bond acceptors (Lipinski definition) is 2. The number of amides is 1. The summed E-state index contributed by atoms with van der Waals surface area (Å²) in [6, 6.07) is -0.0241. The zero-order valence-corrected chi connectivity index (χ0v) is 9.41. The largest absolute Gasteiger partial charge is 0.441 e.